The molecule has 0 aliphatic rings. The zero-order chi connectivity index (χ0) is 15.0. The van der Waals surface area contributed by atoms with E-state index in [-0.39, 0.29) is 5.69 Å². The number of nitrogens with two attached hydrogens (primary N) is 1. The van der Waals surface area contributed by atoms with Gasteiger partial charge in [-0.15, -0.1) is 0 Å². The molecule has 3 rings (SSSR count). The zero-order valence-corrected chi connectivity index (χ0v) is 11.3. The van der Waals surface area contributed by atoms with E-state index < -0.39 is 11.6 Å². The highest BCUT2D eigenvalue weighted by atomic mass is 19.1. The average molecular weight is 285 g/mol. The van der Waals surface area contributed by atoms with Crippen LogP contribution in [0.5, 0.6) is 0 Å². The summed E-state index contributed by atoms with van der Waals surface area (Å²) in [5, 5.41) is 4.31. The molecular weight excluding hydrogens is 272 g/mol. The van der Waals surface area contributed by atoms with Crippen LogP contribution >= 0.6 is 0 Å². The van der Waals surface area contributed by atoms with E-state index in [1.807, 2.05) is 31.2 Å². The Morgan fingerprint density at radius 2 is 1.90 bits per heavy atom. The minimum atomic E-state index is -0.687. The highest BCUT2D eigenvalue weighted by Crippen LogP contribution is 2.26. The molecule has 2 aromatic carbocycles. The molecule has 106 valence electrons. The number of aromatic nitrogens is 2. The molecule has 0 aliphatic heterocycles. The van der Waals surface area contributed by atoms with Crippen molar-refractivity contribution in [2.75, 3.05) is 5.73 Å². The summed E-state index contributed by atoms with van der Waals surface area (Å²) >= 11 is 0. The largest absolute Gasteiger partial charge is 0.396 e. The van der Waals surface area contributed by atoms with Crippen molar-refractivity contribution >= 4 is 5.69 Å². The summed E-state index contributed by atoms with van der Waals surface area (Å²) in [6.45, 7) is 1.97. The van der Waals surface area contributed by atoms with Crippen molar-refractivity contribution in [1.29, 1.82) is 0 Å². The third kappa shape index (κ3) is 2.50. The summed E-state index contributed by atoms with van der Waals surface area (Å²) < 4.78 is 28.1. The number of anilines is 1. The fourth-order valence-electron chi connectivity index (χ4n) is 2.19. The third-order valence-electron chi connectivity index (χ3n) is 3.19. The molecular formula is C16H13F2N3. The van der Waals surface area contributed by atoms with Gasteiger partial charge in [-0.2, -0.15) is 5.10 Å². The van der Waals surface area contributed by atoms with Crippen LogP contribution in [-0.2, 0) is 0 Å². The van der Waals surface area contributed by atoms with Crippen molar-refractivity contribution in [3.63, 3.8) is 0 Å². The second kappa shape index (κ2) is 5.01. The molecule has 3 aromatic rings. The standard InChI is InChI=1S/C16H13F2N3/c1-10-3-2-4-11(7-10)16-14(19)9-21(20-16)15-6-5-12(17)8-13(15)18/h2-9H,19H2,1H3. The van der Waals surface area contributed by atoms with E-state index in [1.54, 1.807) is 0 Å². The van der Waals surface area contributed by atoms with Crippen LogP contribution in [0.15, 0.2) is 48.7 Å². The van der Waals surface area contributed by atoms with Gasteiger partial charge in [0.2, 0.25) is 0 Å². The highest BCUT2D eigenvalue weighted by Gasteiger charge is 2.12. The van der Waals surface area contributed by atoms with Gasteiger partial charge in [-0.05, 0) is 25.1 Å². The number of halogens is 2. The van der Waals surface area contributed by atoms with Crippen molar-refractivity contribution in [2.45, 2.75) is 6.92 Å². The molecule has 0 spiro atoms. The highest BCUT2D eigenvalue weighted by molar-refractivity contribution is 5.72. The topological polar surface area (TPSA) is 43.8 Å². The normalized spacial score (nSPS) is 10.8. The fourth-order valence-corrected chi connectivity index (χ4v) is 2.19. The van der Waals surface area contributed by atoms with Crippen LogP contribution < -0.4 is 5.73 Å². The number of benzene rings is 2. The van der Waals surface area contributed by atoms with Gasteiger partial charge in [0.25, 0.3) is 0 Å². The second-order valence-corrected chi connectivity index (χ2v) is 4.84. The van der Waals surface area contributed by atoms with Crippen molar-refractivity contribution < 1.29 is 8.78 Å². The lowest BCUT2D eigenvalue weighted by molar-refractivity contribution is 0.574. The number of nitrogen functional groups attached to an aromatic ring is 1. The molecule has 2 N–H and O–H groups in total. The maximum Gasteiger partial charge on any atom is 0.151 e. The van der Waals surface area contributed by atoms with Gasteiger partial charge in [0.1, 0.15) is 17.2 Å². The lowest BCUT2D eigenvalue weighted by Gasteiger charge is -2.03. The monoisotopic (exact) mass is 285 g/mol. The molecule has 0 unspecified atom stereocenters. The fraction of sp³-hybridized carbons (Fsp3) is 0.0625. The number of hydrogen-bond donors (Lipinski definition) is 1. The Balaban J connectivity index is 2.09. The van der Waals surface area contributed by atoms with Gasteiger partial charge in [-0.3, -0.25) is 0 Å². The Morgan fingerprint density at radius 3 is 2.62 bits per heavy atom. The van der Waals surface area contributed by atoms with E-state index in [0.29, 0.717) is 11.4 Å². The van der Waals surface area contributed by atoms with Gasteiger partial charge in [-0.1, -0.05) is 23.8 Å². The van der Waals surface area contributed by atoms with Gasteiger partial charge >= 0.3 is 0 Å². The van der Waals surface area contributed by atoms with E-state index >= 15 is 0 Å². The predicted octanol–water partition coefficient (Wildman–Crippen LogP) is 3.71. The first-order chi connectivity index (χ1) is 10.0. The molecule has 0 saturated carbocycles. The van der Waals surface area contributed by atoms with Gasteiger partial charge in [0, 0.05) is 11.6 Å². The lowest BCUT2D eigenvalue weighted by Crippen LogP contribution is -1.99. The van der Waals surface area contributed by atoms with Crippen molar-refractivity contribution in [2.24, 2.45) is 0 Å². The molecule has 0 fully saturated rings. The van der Waals surface area contributed by atoms with Crippen molar-refractivity contribution in [3.8, 4) is 16.9 Å². The molecule has 1 heterocycles. The van der Waals surface area contributed by atoms with Gasteiger partial charge in [-0.25, -0.2) is 13.5 Å². The summed E-state index contributed by atoms with van der Waals surface area (Å²) in [7, 11) is 0. The molecule has 5 heteroatoms. The van der Waals surface area contributed by atoms with Crippen LogP contribution in [0.4, 0.5) is 14.5 Å². The quantitative estimate of drug-likeness (QED) is 0.780. The smallest absolute Gasteiger partial charge is 0.151 e. The number of nitrogens with zero attached hydrogens (tertiary/aromatic N) is 2. The molecule has 0 radical (unpaired) electrons. The predicted molar refractivity (Wildman–Crippen MR) is 78.1 cm³/mol. The van der Waals surface area contributed by atoms with Gasteiger partial charge < -0.3 is 5.73 Å². The minimum absolute atomic E-state index is 0.155. The van der Waals surface area contributed by atoms with E-state index in [1.165, 1.54) is 23.0 Å². The SMILES string of the molecule is Cc1cccc(-c2nn(-c3ccc(F)cc3F)cc2N)c1. The Bertz CT molecular complexity index is 809. The summed E-state index contributed by atoms with van der Waals surface area (Å²) in [5.41, 5.74) is 9.06. The number of aryl methyl sites for hydroxylation is 1. The molecule has 1 aromatic heterocycles. The third-order valence-corrected chi connectivity index (χ3v) is 3.19. The Kier molecular flexibility index (Phi) is 3.17. The molecule has 3 nitrogen and oxygen atoms in total. The maximum atomic E-state index is 13.8. The average Bonchev–Trinajstić information content (AvgIpc) is 2.80. The second-order valence-electron chi connectivity index (χ2n) is 4.84. The van der Waals surface area contributed by atoms with Gasteiger partial charge in [0.15, 0.2) is 5.82 Å². The zero-order valence-electron chi connectivity index (χ0n) is 11.3. The first-order valence-electron chi connectivity index (χ1n) is 6.42. The van der Waals surface area contributed by atoms with Crippen LogP contribution in [0, 0.1) is 18.6 Å². The van der Waals surface area contributed by atoms with Crippen molar-refractivity contribution in [3.05, 3.63) is 65.9 Å². The van der Waals surface area contributed by atoms with Gasteiger partial charge in [0.05, 0.1) is 11.9 Å². The molecule has 0 saturated heterocycles. The molecule has 0 atom stereocenters. The Morgan fingerprint density at radius 1 is 1.10 bits per heavy atom. The lowest BCUT2D eigenvalue weighted by atomic mass is 10.1. The van der Waals surface area contributed by atoms with E-state index in [9.17, 15) is 8.78 Å². The first kappa shape index (κ1) is 13.3. The van der Waals surface area contributed by atoms with Crippen LogP contribution in [0.25, 0.3) is 16.9 Å². The van der Waals surface area contributed by atoms with E-state index in [2.05, 4.69) is 5.10 Å². The Labute approximate surface area is 120 Å². The van der Waals surface area contributed by atoms with E-state index in [0.717, 1.165) is 17.2 Å². The summed E-state index contributed by atoms with van der Waals surface area (Å²) in [6, 6.07) is 11.0. The van der Waals surface area contributed by atoms with Crippen LogP contribution in [-0.4, -0.2) is 9.78 Å². The van der Waals surface area contributed by atoms with Crippen LogP contribution in [0.3, 0.4) is 0 Å². The maximum absolute atomic E-state index is 13.8. The summed E-state index contributed by atoms with van der Waals surface area (Å²) in [6.07, 6.45) is 1.52. The van der Waals surface area contributed by atoms with E-state index in [4.69, 9.17) is 5.73 Å². The summed E-state index contributed by atoms with van der Waals surface area (Å²) in [4.78, 5) is 0. The first-order valence-corrected chi connectivity index (χ1v) is 6.42. The van der Waals surface area contributed by atoms with Crippen molar-refractivity contribution in [1.82, 2.24) is 9.78 Å². The number of rotatable bonds is 2. The van der Waals surface area contributed by atoms with Crippen LogP contribution in [0.2, 0.25) is 0 Å². The molecule has 0 bridgehead atoms. The minimum Gasteiger partial charge on any atom is -0.396 e. The number of hydrogen-bond acceptors (Lipinski definition) is 2. The molecule has 21 heavy (non-hydrogen) atoms. The molecule has 0 aliphatic carbocycles. The Hall–Kier alpha value is -2.69. The summed E-state index contributed by atoms with van der Waals surface area (Å²) in [5.74, 6) is -1.32. The van der Waals surface area contributed by atoms with Crippen LogP contribution in [0.1, 0.15) is 5.56 Å². The molecule has 0 amide bonds.